The van der Waals surface area contributed by atoms with E-state index in [0.29, 0.717) is 11.3 Å². The van der Waals surface area contributed by atoms with Crippen LogP contribution in [0.1, 0.15) is 29.8 Å². The molecule has 0 atom stereocenters. The number of carbonyl (C=O) groups excluding carboxylic acids is 2. The summed E-state index contributed by atoms with van der Waals surface area (Å²) < 4.78 is 0. The number of anilines is 3. The highest BCUT2D eigenvalue weighted by Crippen LogP contribution is 2.37. The van der Waals surface area contributed by atoms with Crippen LogP contribution in [0, 0.1) is 0 Å². The van der Waals surface area contributed by atoms with Gasteiger partial charge in [0.15, 0.2) is 0 Å². The summed E-state index contributed by atoms with van der Waals surface area (Å²) in [5, 5.41) is 5.75. The van der Waals surface area contributed by atoms with Gasteiger partial charge in [0.2, 0.25) is 5.91 Å². The number of carbonyl (C=O) groups is 2. The van der Waals surface area contributed by atoms with E-state index >= 15 is 0 Å². The molecule has 1 saturated heterocycles. The normalized spacial score (nSPS) is 18.5. The predicted molar refractivity (Wildman–Crippen MR) is 110 cm³/mol. The fourth-order valence-corrected chi connectivity index (χ4v) is 3.60. The number of nitrogens with zero attached hydrogens (tertiary/aromatic N) is 3. The van der Waals surface area contributed by atoms with Crippen molar-refractivity contribution in [3.05, 3.63) is 47.7 Å². The number of likely N-dealkylation sites (N-methyl/N-ethyl adjacent to an activating group) is 1. The van der Waals surface area contributed by atoms with Crippen molar-refractivity contribution < 1.29 is 9.59 Å². The van der Waals surface area contributed by atoms with Crippen LogP contribution in [0.15, 0.2) is 36.5 Å². The monoisotopic (exact) mass is 379 g/mol. The lowest BCUT2D eigenvalue weighted by Gasteiger charge is -2.33. The van der Waals surface area contributed by atoms with Gasteiger partial charge in [0.1, 0.15) is 5.82 Å². The van der Waals surface area contributed by atoms with Crippen molar-refractivity contribution in [2.45, 2.75) is 19.3 Å². The van der Waals surface area contributed by atoms with E-state index in [9.17, 15) is 9.59 Å². The molecule has 0 spiro atoms. The summed E-state index contributed by atoms with van der Waals surface area (Å²) in [5.41, 5.74) is 2.14. The summed E-state index contributed by atoms with van der Waals surface area (Å²) >= 11 is 0. The smallest absolute Gasteiger partial charge is 0.255 e. The standard InChI is InChI=1S/C21H25N5O2/c1-21(2)16-12-14(4-6-17(16)24-20(21)28)19(27)23-15-5-7-18(22-13-15)26-10-8-25(3)9-11-26/h4-7,12-13H,8-11H2,1-3H3,(H,23,27)(H,24,28). The molecular formula is C21H25N5O2. The van der Waals surface area contributed by atoms with Gasteiger partial charge in [0.25, 0.3) is 5.91 Å². The molecule has 3 heterocycles. The van der Waals surface area contributed by atoms with Gasteiger partial charge in [-0.05, 0) is 56.8 Å². The van der Waals surface area contributed by atoms with E-state index < -0.39 is 5.41 Å². The van der Waals surface area contributed by atoms with Gasteiger partial charge in [-0.1, -0.05) is 0 Å². The Labute approximate surface area is 164 Å². The number of hydrogen-bond acceptors (Lipinski definition) is 5. The summed E-state index contributed by atoms with van der Waals surface area (Å²) in [7, 11) is 2.12. The maximum Gasteiger partial charge on any atom is 0.255 e. The molecule has 2 N–H and O–H groups in total. The summed E-state index contributed by atoms with van der Waals surface area (Å²) in [6.07, 6.45) is 1.69. The number of aromatic nitrogens is 1. The van der Waals surface area contributed by atoms with Gasteiger partial charge < -0.3 is 20.4 Å². The molecule has 0 radical (unpaired) electrons. The van der Waals surface area contributed by atoms with E-state index in [1.165, 1.54) is 0 Å². The molecule has 0 bridgehead atoms. The van der Waals surface area contributed by atoms with Gasteiger partial charge in [0.05, 0.1) is 17.3 Å². The third-order valence-electron chi connectivity index (χ3n) is 5.60. The first kappa shape index (κ1) is 18.4. The van der Waals surface area contributed by atoms with E-state index in [1.807, 2.05) is 26.0 Å². The maximum atomic E-state index is 12.7. The van der Waals surface area contributed by atoms with Crippen LogP contribution in [0.5, 0.6) is 0 Å². The number of benzene rings is 1. The predicted octanol–water partition coefficient (Wildman–Crippen LogP) is 2.32. The summed E-state index contributed by atoms with van der Waals surface area (Å²) in [6, 6.07) is 9.11. The molecule has 2 amide bonds. The molecule has 7 heteroatoms. The number of amides is 2. The second-order valence-corrected chi connectivity index (χ2v) is 7.99. The van der Waals surface area contributed by atoms with Gasteiger partial charge in [-0.3, -0.25) is 9.59 Å². The molecule has 0 unspecified atom stereocenters. The summed E-state index contributed by atoms with van der Waals surface area (Å²) in [6.45, 7) is 7.66. The van der Waals surface area contributed by atoms with Crippen LogP contribution in [0.2, 0.25) is 0 Å². The van der Waals surface area contributed by atoms with Gasteiger partial charge >= 0.3 is 0 Å². The van der Waals surface area contributed by atoms with Crippen molar-refractivity contribution in [1.82, 2.24) is 9.88 Å². The number of nitrogens with one attached hydrogen (secondary N) is 2. The third-order valence-corrected chi connectivity index (χ3v) is 5.60. The van der Waals surface area contributed by atoms with Gasteiger partial charge in [-0.2, -0.15) is 0 Å². The van der Waals surface area contributed by atoms with Crippen LogP contribution < -0.4 is 15.5 Å². The fourth-order valence-electron chi connectivity index (χ4n) is 3.60. The number of rotatable bonds is 3. The maximum absolute atomic E-state index is 12.7. The first-order valence-corrected chi connectivity index (χ1v) is 9.51. The third kappa shape index (κ3) is 3.33. The first-order chi connectivity index (χ1) is 13.3. The van der Waals surface area contributed by atoms with E-state index in [2.05, 4.69) is 32.5 Å². The molecule has 2 aliphatic rings. The Morgan fingerprint density at radius 2 is 1.89 bits per heavy atom. The zero-order chi connectivity index (χ0) is 19.9. The zero-order valence-electron chi connectivity index (χ0n) is 16.5. The Kier molecular flexibility index (Phi) is 4.55. The Morgan fingerprint density at radius 1 is 1.14 bits per heavy atom. The van der Waals surface area contributed by atoms with Crippen molar-refractivity contribution in [2.24, 2.45) is 0 Å². The molecule has 2 aliphatic heterocycles. The number of piperazine rings is 1. The Morgan fingerprint density at radius 3 is 2.57 bits per heavy atom. The topological polar surface area (TPSA) is 77.6 Å². The quantitative estimate of drug-likeness (QED) is 0.856. The van der Waals surface area contributed by atoms with Crippen LogP contribution in [-0.4, -0.2) is 54.9 Å². The highest BCUT2D eigenvalue weighted by atomic mass is 16.2. The van der Waals surface area contributed by atoms with Crippen molar-refractivity contribution in [3.8, 4) is 0 Å². The molecule has 1 aromatic heterocycles. The molecule has 0 saturated carbocycles. The van der Waals surface area contributed by atoms with Crippen molar-refractivity contribution in [1.29, 1.82) is 0 Å². The largest absolute Gasteiger partial charge is 0.354 e. The van der Waals surface area contributed by atoms with Crippen LogP contribution >= 0.6 is 0 Å². The van der Waals surface area contributed by atoms with Gasteiger partial charge in [-0.25, -0.2) is 4.98 Å². The van der Waals surface area contributed by atoms with Crippen molar-refractivity contribution >= 4 is 29.0 Å². The zero-order valence-corrected chi connectivity index (χ0v) is 16.5. The SMILES string of the molecule is CN1CCN(c2ccc(NC(=O)c3ccc4c(c3)C(C)(C)C(=O)N4)cn2)CC1. The lowest BCUT2D eigenvalue weighted by Crippen LogP contribution is -2.44. The molecule has 2 aromatic rings. The van der Waals surface area contributed by atoms with E-state index in [0.717, 1.165) is 43.2 Å². The minimum absolute atomic E-state index is 0.0521. The summed E-state index contributed by atoms with van der Waals surface area (Å²) in [4.78, 5) is 33.8. The van der Waals surface area contributed by atoms with E-state index in [1.54, 1.807) is 24.4 Å². The number of hydrogen-bond donors (Lipinski definition) is 2. The van der Waals surface area contributed by atoms with Gasteiger partial charge in [0, 0.05) is 37.4 Å². The highest BCUT2D eigenvalue weighted by Gasteiger charge is 2.38. The van der Waals surface area contributed by atoms with E-state index in [4.69, 9.17) is 0 Å². The Balaban J connectivity index is 1.46. The van der Waals surface area contributed by atoms with Crippen LogP contribution in [0.4, 0.5) is 17.2 Å². The molecule has 1 fully saturated rings. The van der Waals surface area contributed by atoms with E-state index in [-0.39, 0.29) is 11.8 Å². The first-order valence-electron chi connectivity index (χ1n) is 9.51. The molecule has 146 valence electrons. The highest BCUT2D eigenvalue weighted by molar-refractivity contribution is 6.09. The second kappa shape index (κ2) is 6.91. The average Bonchev–Trinajstić information content (AvgIpc) is 2.91. The van der Waals surface area contributed by atoms with Crippen molar-refractivity contribution in [3.63, 3.8) is 0 Å². The molecule has 0 aliphatic carbocycles. The molecule has 28 heavy (non-hydrogen) atoms. The van der Waals surface area contributed by atoms with Crippen LogP contribution in [0.3, 0.4) is 0 Å². The Hall–Kier alpha value is -2.93. The minimum atomic E-state index is -0.642. The van der Waals surface area contributed by atoms with Crippen LogP contribution in [-0.2, 0) is 10.2 Å². The average molecular weight is 379 g/mol. The second-order valence-electron chi connectivity index (χ2n) is 7.99. The fraction of sp³-hybridized carbons (Fsp3) is 0.381. The molecule has 7 nitrogen and oxygen atoms in total. The van der Waals surface area contributed by atoms with Crippen molar-refractivity contribution in [2.75, 3.05) is 48.8 Å². The number of pyridine rings is 1. The molecular weight excluding hydrogens is 354 g/mol. The lowest BCUT2D eigenvalue weighted by molar-refractivity contribution is -0.119. The summed E-state index contributed by atoms with van der Waals surface area (Å²) in [5.74, 6) is 0.658. The van der Waals surface area contributed by atoms with Gasteiger partial charge in [-0.15, -0.1) is 0 Å². The van der Waals surface area contributed by atoms with Crippen LogP contribution in [0.25, 0.3) is 0 Å². The Bertz CT molecular complexity index is 915. The molecule has 1 aromatic carbocycles. The molecule has 4 rings (SSSR count). The lowest BCUT2D eigenvalue weighted by atomic mass is 9.85. The number of fused-ring (bicyclic) bond motifs is 1. The minimum Gasteiger partial charge on any atom is -0.354 e.